The zero-order valence-corrected chi connectivity index (χ0v) is 19.2. The summed E-state index contributed by atoms with van der Waals surface area (Å²) in [5.74, 6) is -0.251. The molecular formula is C20H27N3O5S2. The molecule has 2 fully saturated rings. The number of sulfone groups is 1. The molecule has 2 aliphatic heterocycles. The summed E-state index contributed by atoms with van der Waals surface area (Å²) in [7, 11) is -3.11. The third-order valence-corrected chi connectivity index (χ3v) is 7.78. The molecule has 8 nitrogen and oxygen atoms in total. The van der Waals surface area contributed by atoms with Crippen molar-refractivity contribution in [3.05, 3.63) is 29.8 Å². The lowest BCUT2D eigenvalue weighted by atomic mass is 10.1. The number of anilines is 1. The van der Waals surface area contributed by atoms with Crippen molar-refractivity contribution in [1.82, 2.24) is 5.32 Å². The van der Waals surface area contributed by atoms with E-state index in [1.807, 2.05) is 36.1 Å². The van der Waals surface area contributed by atoms with Gasteiger partial charge in [0.05, 0.1) is 17.5 Å². The first-order valence-corrected chi connectivity index (χ1v) is 12.4. The first-order chi connectivity index (χ1) is 13.9. The molecule has 0 saturated carbocycles. The highest BCUT2D eigenvalue weighted by Gasteiger charge is 2.49. The molecule has 1 aromatic carbocycles. The average Bonchev–Trinajstić information content (AvgIpc) is 3.03. The number of aliphatic imine (C=N–C) groups is 1. The molecule has 10 heteroatoms. The van der Waals surface area contributed by atoms with E-state index in [0.717, 1.165) is 11.3 Å². The van der Waals surface area contributed by atoms with Crippen LogP contribution in [0.2, 0.25) is 0 Å². The van der Waals surface area contributed by atoms with Crippen molar-refractivity contribution in [2.45, 2.75) is 51.0 Å². The van der Waals surface area contributed by atoms with Crippen molar-refractivity contribution < 1.29 is 22.7 Å². The van der Waals surface area contributed by atoms with E-state index in [9.17, 15) is 18.0 Å². The minimum absolute atomic E-state index is 0.0264. The Morgan fingerprint density at radius 2 is 2.03 bits per heavy atom. The number of aryl methyl sites for hydroxylation is 1. The number of hydrogen-bond donors (Lipinski definition) is 1. The molecule has 0 aliphatic carbocycles. The van der Waals surface area contributed by atoms with Gasteiger partial charge in [-0.25, -0.2) is 13.2 Å². The molecule has 2 unspecified atom stereocenters. The van der Waals surface area contributed by atoms with Crippen molar-refractivity contribution in [3.8, 4) is 0 Å². The first-order valence-electron chi connectivity index (χ1n) is 9.75. The fourth-order valence-electron chi connectivity index (χ4n) is 3.39. The van der Waals surface area contributed by atoms with Gasteiger partial charge in [0.1, 0.15) is 5.60 Å². The Kier molecular flexibility index (Phi) is 6.47. The molecule has 2 saturated heterocycles. The molecule has 164 valence electrons. The van der Waals surface area contributed by atoms with Gasteiger partial charge in [0.25, 0.3) is 0 Å². The molecule has 1 N–H and O–H groups in total. The van der Waals surface area contributed by atoms with Crippen LogP contribution in [0.15, 0.2) is 29.3 Å². The van der Waals surface area contributed by atoms with Gasteiger partial charge in [-0.15, -0.1) is 0 Å². The Morgan fingerprint density at radius 3 is 2.70 bits per heavy atom. The number of nitrogens with one attached hydrogen (secondary N) is 1. The minimum Gasteiger partial charge on any atom is -0.444 e. The molecule has 30 heavy (non-hydrogen) atoms. The Balaban J connectivity index is 1.71. The van der Waals surface area contributed by atoms with Crippen LogP contribution in [-0.2, 0) is 19.4 Å². The fourth-order valence-corrected chi connectivity index (χ4v) is 7.32. The monoisotopic (exact) mass is 453 g/mol. The summed E-state index contributed by atoms with van der Waals surface area (Å²) in [5, 5.41) is 2.90. The van der Waals surface area contributed by atoms with Crippen LogP contribution in [0.1, 0.15) is 32.8 Å². The summed E-state index contributed by atoms with van der Waals surface area (Å²) >= 11 is 1.33. The highest BCUT2D eigenvalue weighted by atomic mass is 32.2. The van der Waals surface area contributed by atoms with E-state index in [-0.39, 0.29) is 41.7 Å². The number of nitrogens with zero attached hydrogens (tertiary/aromatic N) is 2. The maximum atomic E-state index is 12.4. The number of alkyl carbamates (subject to hydrolysis) is 1. The van der Waals surface area contributed by atoms with Gasteiger partial charge in [-0.05, 0) is 45.4 Å². The number of ether oxygens (including phenoxy) is 1. The predicted molar refractivity (Wildman–Crippen MR) is 119 cm³/mol. The van der Waals surface area contributed by atoms with Crippen molar-refractivity contribution in [2.75, 3.05) is 23.0 Å². The van der Waals surface area contributed by atoms with E-state index in [1.54, 1.807) is 20.8 Å². The van der Waals surface area contributed by atoms with Gasteiger partial charge in [-0.2, -0.15) is 4.99 Å². The summed E-state index contributed by atoms with van der Waals surface area (Å²) in [6.45, 7) is 7.36. The average molecular weight is 454 g/mol. The van der Waals surface area contributed by atoms with E-state index in [4.69, 9.17) is 4.74 Å². The SMILES string of the molecule is Cc1cccc(N2C(=NC(=O)CCNC(=O)OC(C)(C)C)SC3CS(=O)(=O)CC32)c1. The standard InChI is InChI=1S/C20H27N3O5S2/c1-13-6-5-7-14(10-13)23-15-11-30(26,27)12-16(15)29-18(23)22-17(24)8-9-21-19(25)28-20(2,3)4/h5-7,10,15-16H,8-9,11-12H2,1-4H3,(H,21,25). The van der Waals surface area contributed by atoms with Gasteiger partial charge in [0, 0.05) is 23.9 Å². The quantitative estimate of drug-likeness (QED) is 0.747. The minimum atomic E-state index is -3.11. The molecule has 3 rings (SSSR count). The van der Waals surface area contributed by atoms with Gasteiger partial charge in [0.15, 0.2) is 15.0 Å². The molecule has 2 atom stereocenters. The Labute approximate surface area is 181 Å². The summed E-state index contributed by atoms with van der Waals surface area (Å²) in [5.41, 5.74) is 1.25. The molecule has 0 radical (unpaired) electrons. The normalized spacial score (nSPS) is 24.0. The third kappa shape index (κ3) is 5.75. The van der Waals surface area contributed by atoms with E-state index >= 15 is 0 Å². The first kappa shape index (κ1) is 22.6. The molecule has 0 spiro atoms. The highest BCUT2D eigenvalue weighted by Crippen LogP contribution is 2.41. The van der Waals surface area contributed by atoms with Gasteiger partial charge in [0.2, 0.25) is 5.91 Å². The molecule has 0 bridgehead atoms. The highest BCUT2D eigenvalue weighted by molar-refractivity contribution is 8.16. The maximum absolute atomic E-state index is 12.4. The zero-order chi connectivity index (χ0) is 22.1. The van der Waals surface area contributed by atoms with Crippen molar-refractivity contribution in [1.29, 1.82) is 0 Å². The molecule has 0 aromatic heterocycles. The Morgan fingerprint density at radius 1 is 1.30 bits per heavy atom. The van der Waals surface area contributed by atoms with Crippen LogP contribution in [0.4, 0.5) is 10.5 Å². The number of hydrogen-bond acceptors (Lipinski definition) is 6. The Bertz CT molecular complexity index is 969. The number of fused-ring (bicyclic) bond motifs is 1. The lowest BCUT2D eigenvalue weighted by Gasteiger charge is -2.24. The second-order valence-electron chi connectivity index (χ2n) is 8.48. The number of carbonyl (C=O) groups excluding carboxylic acids is 2. The van der Waals surface area contributed by atoms with Gasteiger partial charge >= 0.3 is 6.09 Å². The predicted octanol–water partition coefficient (Wildman–Crippen LogP) is 2.51. The molecule has 2 aliphatic rings. The van der Waals surface area contributed by atoms with Crippen LogP contribution in [0.5, 0.6) is 0 Å². The van der Waals surface area contributed by atoms with Gasteiger partial charge < -0.3 is 15.0 Å². The fraction of sp³-hybridized carbons (Fsp3) is 0.550. The van der Waals surface area contributed by atoms with Crippen molar-refractivity contribution >= 4 is 44.5 Å². The molecule has 1 aromatic rings. The summed E-state index contributed by atoms with van der Waals surface area (Å²) in [6, 6.07) is 7.47. The van der Waals surface area contributed by atoms with Crippen molar-refractivity contribution in [3.63, 3.8) is 0 Å². The number of carbonyl (C=O) groups is 2. The smallest absolute Gasteiger partial charge is 0.407 e. The topological polar surface area (TPSA) is 105 Å². The number of amidine groups is 1. The van der Waals surface area contributed by atoms with Crippen molar-refractivity contribution in [2.24, 2.45) is 4.99 Å². The lowest BCUT2D eigenvalue weighted by Crippen LogP contribution is -2.38. The second-order valence-corrected chi connectivity index (χ2v) is 11.8. The zero-order valence-electron chi connectivity index (χ0n) is 17.5. The number of amides is 2. The number of thioether (sulfide) groups is 1. The molecule has 2 amide bonds. The van der Waals surface area contributed by atoms with Crippen LogP contribution in [0.3, 0.4) is 0 Å². The van der Waals surface area contributed by atoms with Gasteiger partial charge in [-0.3, -0.25) is 4.79 Å². The van der Waals surface area contributed by atoms with E-state index in [2.05, 4.69) is 10.3 Å². The van der Waals surface area contributed by atoms with Gasteiger partial charge in [-0.1, -0.05) is 23.9 Å². The Hall–Kier alpha value is -2.07. The van der Waals surface area contributed by atoms with E-state index in [0.29, 0.717) is 5.17 Å². The van der Waals surface area contributed by atoms with Crippen LogP contribution in [0, 0.1) is 6.92 Å². The van der Waals surface area contributed by atoms with Crippen LogP contribution in [-0.4, -0.2) is 60.5 Å². The largest absolute Gasteiger partial charge is 0.444 e. The molecular weight excluding hydrogens is 426 g/mol. The van der Waals surface area contributed by atoms with Crippen LogP contribution < -0.4 is 10.2 Å². The summed E-state index contributed by atoms with van der Waals surface area (Å²) in [6.07, 6.45) is -0.558. The second kappa shape index (κ2) is 8.58. The van der Waals surface area contributed by atoms with E-state index in [1.165, 1.54) is 11.8 Å². The lowest BCUT2D eigenvalue weighted by molar-refractivity contribution is -0.117. The van der Waals surface area contributed by atoms with Crippen LogP contribution >= 0.6 is 11.8 Å². The summed E-state index contributed by atoms with van der Waals surface area (Å²) in [4.78, 5) is 30.2. The number of rotatable bonds is 4. The van der Waals surface area contributed by atoms with Crippen LogP contribution in [0.25, 0.3) is 0 Å². The number of benzene rings is 1. The molecule has 2 heterocycles. The van der Waals surface area contributed by atoms with E-state index < -0.39 is 21.5 Å². The maximum Gasteiger partial charge on any atom is 0.407 e. The summed E-state index contributed by atoms with van der Waals surface area (Å²) < 4.78 is 29.4. The third-order valence-electron chi connectivity index (χ3n) is 4.57.